The van der Waals surface area contributed by atoms with Crippen LogP contribution in [0, 0.1) is 5.82 Å². The summed E-state index contributed by atoms with van der Waals surface area (Å²) in [5, 5.41) is 13.5. The number of rotatable bonds is 3. The van der Waals surface area contributed by atoms with Gasteiger partial charge in [0.15, 0.2) is 0 Å². The summed E-state index contributed by atoms with van der Waals surface area (Å²) in [6.45, 7) is 7.44. The Hall–Kier alpha value is -0.940. The maximum absolute atomic E-state index is 12.8. The second-order valence-corrected chi connectivity index (χ2v) is 5.40. The molecule has 1 unspecified atom stereocenters. The Bertz CT molecular complexity index is 554. The Morgan fingerprint density at radius 3 is 2.42 bits per heavy atom. The highest BCUT2D eigenvalue weighted by molar-refractivity contribution is 14.2. The molecule has 1 aromatic carbocycles. The molecule has 0 aliphatic heterocycles. The Morgan fingerprint density at radius 1 is 1.37 bits per heavy atom. The van der Waals surface area contributed by atoms with Crippen molar-refractivity contribution in [3.05, 3.63) is 48.4 Å². The third-order valence-electron chi connectivity index (χ3n) is 2.23. The topological polar surface area (TPSA) is 38.0 Å². The minimum Gasteiger partial charge on any atom is -0.506 e. The van der Waals surface area contributed by atoms with Gasteiger partial charge >= 0.3 is 0 Å². The lowest BCUT2D eigenvalue weighted by Gasteiger charge is -2.02. The molecule has 1 aromatic heterocycles. The summed E-state index contributed by atoms with van der Waals surface area (Å²) >= 11 is 2.19. The predicted octanol–water partition coefficient (Wildman–Crippen LogP) is 5.04. The fourth-order valence-electron chi connectivity index (χ4n) is 1.41. The van der Waals surface area contributed by atoms with E-state index in [2.05, 4.69) is 33.7 Å². The average molecular weight is 392 g/mol. The Balaban J connectivity index is 0.000000861. The summed E-state index contributed by atoms with van der Waals surface area (Å²) in [5.74, 6) is -0.342. The number of hydrogen-bond acceptors (Lipinski definition) is 2. The number of benzene rings is 1. The van der Waals surface area contributed by atoms with E-state index in [1.54, 1.807) is 22.7 Å². The van der Waals surface area contributed by atoms with E-state index in [1.807, 2.05) is 13.8 Å². The molecule has 3 nitrogen and oxygen atoms in total. The smallest absolute Gasteiger partial charge is 0.135 e. The summed E-state index contributed by atoms with van der Waals surface area (Å²) in [6.07, 6.45) is 0.395. The largest absolute Gasteiger partial charge is 0.506 e. The van der Waals surface area contributed by atoms with Crippen LogP contribution in [0.1, 0.15) is 19.5 Å². The Morgan fingerprint density at radius 2 is 1.95 bits per heavy atom. The van der Waals surface area contributed by atoms with Gasteiger partial charge in [0.25, 0.3) is 0 Å². The number of aliphatic hydroxyl groups excluding tert-OH is 1. The molecule has 0 fully saturated rings. The third kappa shape index (κ3) is 4.01. The zero-order valence-electron chi connectivity index (χ0n) is 10.7. The second kappa shape index (κ2) is 7.60. The fourth-order valence-corrected chi connectivity index (χ4v) is 2.95. The Kier molecular flexibility index (Phi) is 6.45. The van der Waals surface area contributed by atoms with E-state index in [0.717, 1.165) is 11.3 Å². The molecule has 0 saturated carbocycles. The molecule has 0 amide bonds. The molecule has 2 aromatic rings. The maximum Gasteiger partial charge on any atom is 0.135 e. The zero-order valence-corrected chi connectivity index (χ0v) is 13.8. The molecular formula is C13H15FIN2OP. The molecule has 0 radical (unpaired) electrons. The second-order valence-electron chi connectivity index (χ2n) is 3.36. The van der Waals surface area contributed by atoms with E-state index in [9.17, 15) is 9.50 Å². The van der Waals surface area contributed by atoms with Gasteiger partial charge in [0.05, 0.1) is 12.1 Å². The van der Waals surface area contributed by atoms with Gasteiger partial charge in [-0.25, -0.2) is 8.84 Å². The average Bonchev–Trinajstić information content (AvgIpc) is 2.86. The van der Waals surface area contributed by atoms with E-state index >= 15 is 0 Å². The minimum atomic E-state index is -0.275. The van der Waals surface area contributed by atoms with Gasteiger partial charge in [-0.3, -0.25) is 0 Å². The molecule has 6 heteroatoms. The van der Waals surface area contributed by atoms with Crippen molar-refractivity contribution in [2.24, 2.45) is 0 Å². The first-order valence-corrected chi connectivity index (χ1v) is 9.79. The molecule has 2 rings (SSSR count). The van der Waals surface area contributed by atoms with Crippen molar-refractivity contribution in [2.45, 2.75) is 13.8 Å². The first-order chi connectivity index (χ1) is 9.11. The van der Waals surface area contributed by atoms with Crippen LogP contribution in [-0.4, -0.2) is 14.7 Å². The molecule has 1 atom stereocenters. The number of nitrogens with zero attached hydrogens (tertiary/aromatic N) is 2. The van der Waals surface area contributed by atoms with Gasteiger partial charge < -0.3 is 5.11 Å². The SMILES string of the molecule is C=C(O)c1cc(-c2ccc(F)cc2)n(PI)n1.CC. The highest BCUT2D eigenvalue weighted by atomic mass is 127. The first-order valence-electron chi connectivity index (χ1n) is 5.72. The standard InChI is InChI=1S/C11H9FIN2OP.C2H6/c1-7(16)10-6-11(15(14-10)17-13)8-2-4-9(12)5-3-8;1-2/h2-6,16-17H,1H2;1-2H3. The van der Waals surface area contributed by atoms with Crippen LogP contribution >= 0.6 is 28.4 Å². The number of hydrogen-bond donors (Lipinski definition) is 1. The first kappa shape index (κ1) is 16.1. The molecular weight excluding hydrogens is 377 g/mol. The summed E-state index contributed by atoms with van der Waals surface area (Å²) in [6, 6.07) is 7.90. The monoisotopic (exact) mass is 392 g/mol. The van der Waals surface area contributed by atoms with E-state index in [4.69, 9.17) is 0 Å². The van der Waals surface area contributed by atoms with Crippen molar-refractivity contribution in [3.8, 4) is 11.3 Å². The van der Waals surface area contributed by atoms with Crippen molar-refractivity contribution < 1.29 is 9.50 Å². The Labute approximate surface area is 126 Å². The number of aliphatic hydroxyl groups is 1. The number of aromatic nitrogens is 2. The molecule has 0 spiro atoms. The summed E-state index contributed by atoms with van der Waals surface area (Å²) in [4.78, 5) is 0. The van der Waals surface area contributed by atoms with Gasteiger partial charge in [-0.2, -0.15) is 5.10 Å². The van der Waals surface area contributed by atoms with Crippen LogP contribution in [0.2, 0.25) is 0 Å². The van der Waals surface area contributed by atoms with Gasteiger partial charge in [0, 0.05) is 5.56 Å². The lowest BCUT2D eigenvalue weighted by atomic mass is 10.1. The summed E-state index contributed by atoms with van der Waals surface area (Å²) in [7, 11) is 0. The maximum atomic E-state index is 12.8. The molecule has 1 N–H and O–H groups in total. The fraction of sp³-hybridized carbons (Fsp3) is 0.154. The van der Waals surface area contributed by atoms with E-state index in [0.29, 0.717) is 12.1 Å². The summed E-state index contributed by atoms with van der Waals surface area (Å²) in [5.41, 5.74) is 2.13. The normalized spacial score (nSPS) is 10.3. The molecule has 0 bridgehead atoms. The minimum absolute atomic E-state index is 0.0678. The van der Waals surface area contributed by atoms with Crippen LogP contribution in [0.3, 0.4) is 0 Å². The van der Waals surface area contributed by atoms with E-state index < -0.39 is 0 Å². The molecule has 19 heavy (non-hydrogen) atoms. The van der Waals surface area contributed by atoms with Crippen molar-refractivity contribution in [2.75, 3.05) is 0 Å². The van der Waals surface area contributed by atoms with Crippen molar-refractivity contribution in [3.63, 3.8) is 0 Å². The highest BCUT2D eigenvalue weighted by Gasteiger charge is 2.11. The zero-order chi connectivity index (χ0) is 14.4. The van der Waals surface area contributed by atoms with Crippen LogP contribution in [-0.2, 0) is 0 Å². The quantitative estimate of drug-likeness (QED) is 0.452. The number of halogens is 2. The molecule has 0 saturated heterocycles. The van der Waals surface area contributed by atoms with Gasteiger partial charge in [0.2, 0.25) is 0 Å². The van der Waals surface area contributed by atoms with Gasteiger partial charge in [-0.05, 0) is 52.4 Å². The molecule has 0 aliphatic carbocycles. The molecule has 1 heterocycles. The van der Waals surface area contributed by atoms with Crippen LogP contribution in [0.5, 0.6) is 0 Å². The molecule has 0 aliphatic rings. The van der Waals surface area contributed by atoms with E-state index in [1.165, 1.54) is 12.1 Å². The van der Waals surface area contributed by atoms with Crippen molar-refractivity contribution in [1.29, 1.82) is 0 Å². The van der Waals surface area contributed by atoms with Crippen molar-refractivity contribution >= 4 is 34.2 Å². The van der Waals surface area contributed by atoms with Gasteiger partial charge in [-0.15, -0.1) is 0 Å². The van der Waals surface area contributed by atoms with Crippen molar-refractivity contribution in [1.82, 2.24) is 9.55 Å². The van der Waals surface area contributed by atoms with Crippen LogP contribution in [0.15, 0.2) is 36.9 Å². The molecule has 102 valence electrons. The van der Waals surface area contributed by atoms with Crippen LogP contribution in [0.25, 0.3) is 17.0 Å². The lowest BCUT2D eigenvalue weighted by molar-refractivity contribution is 0.510. The third-order valence-corrected chi connectivity index (χ3v) is 4.10. The van der Waals surface area contributed by atoms with Crippen LogP contribution in [0.4, 0.5) is 4.39 Å². The van der Waals surface area contributed by atoms with E-state index in [-0.39, 0.29) is 11.6 Å². The lowest BCUT2D eigenvalue weighted by Crippen LogP contribution is -1.89. The van der Waals surface area contributed by atoms with Gasteiger partial charge in [-0.1, -0.05) is 20.4 Å². The highest BCUT2D eigenvalue weighted by Crippen LogP contribution is 2.32. The summed E-state index contributed by atoms with van der Waals surface area (Å²) < 4.78 is 14.6. The predicted molar refractivity (Wildman–Crippen MR) is 88.4 cm³/mol. The van der Waals surface area contributed by atoms with Gasteiger partial charge in [0.1, 0.15) is 17.3 Å². The van der Waals surface area contributed by atoms with Crippen LogP contribution < -0.4 is 0 Å².